The summed E-state index contributed by atoms with van der Waals surface area (Å²) < 4.78 is 5.33. The van der Waals surface area contributed by atoms with Crippen LogP contribution in [-0.4, -0.2) is 40.8 Å². The number of halogens is 1. The van der Waals surface area contributed by atoms with Gasteiger partial charge in [-0.3, -0.25) is 9.59 Å². The number of alkyl halides is 1. The maximum absolute atomic E-state index is 11.9. The second-order valence-electron chi connectivity index (χ2n) is 6.05. The fraction of sp³-hybridized carbons (Fsp3) is 0.625. The van der Waals surface area contributed by atoms with E-state index in [0.717, 1.165) is 18.4 Å². The van der Waals surface area contributed by atoms with Crippen molar-refractivity contribution >= 4 is 27.8 Å². The molecule has 0 aromatic carbocycles. The smallest absolute Gasteiger partial charge is 0.310 e. The molecule has 0 saturated carbocycles. The van der Waals surface area contributed by atoms with Crippen LogP contribution in [0.4, 0.5) is 0 Å². The minimum Gasteiger partial charge on any atom is -0.460 e. The predicted octanol–water partition coefficient (Wildman–Crippen LogP) is 3.22. The van der Waals surface area contributed by atoms with Gasteiger partial charge < -0.3 is 9.64 Å². The van der Waals surface area contributed by atoms with Gasteiger partial charge in [0.2, 0.25) is 5.91 Å². The van der Waals surface area contributed by atoms with Gasteiger partial charge in [0.1, 0.15) is 5.60 Å². The Hall–Kier alpha value is -1.10. The van der Waals surface area contributed by atoms with Crippen LogP contribution in [0.5, 0.6) is 0 Å². The quantitative estimate of drug-likeness (QED) is 0.336. The minimum absolute atomic E-state index is 0.0290. The topological polar surface area (TPSA) is 46.6 Å². The Bertz CT molecular complexity index is 435. The highest BCUT2D eigenvalue weighted by Crippen LogP contribution is 2.17. The number of hydrogen-bond acceptors (Lipinski definition) is 3. The van der Waals surface area contributed by atoms with Crippen molar-refractivity contribution in [2.24, 2.45) is 0 Å². The third kappa shape index (κ3) is 7.46. The predicted molar refractivity (Wildman–Crippen MR) is 87.3 cm³/mol. The standard InChI is InChI=1S/C16H24BrNO3/c1-16(2,3)21-15(20)12-13-6-5-10-18(11-8-13)14(19)7-4-9-17/h4,6-7H,5,8-12H2,1-3H3/b7-4+. The summed E-state index contributed by atoms with van der Waals surface area (Å²) in [6, 6.07) is 0. The zero-order valence-corrected chi connectivity index (χ0v) is 14.6. The van der Waals surface area contributed by atoms with Crippen LogP contribution in [0.2, 0.25) is 0 Å². The van der Waals surface area contributed by atoms with Crippen LogP contribution < -0.4 is 0 Å². The Balaban J connectivity index is 2.48. The van der Waals surface area contributed by atoms with Crippen LogP contribution in [0.15, 0.2) is 23.8 Å². The van der Waals surface area contributed by atoms with Crippen LogP contribution >= 0.6 is 15.9 Å². The summed E-state index contributed by atoms with van der Waals surface area (Å²) in [7, 11) is 0. The molecule has 1 rings (SSSR count). The molecule has 0 unspecified atom stereocenters. The average Bonchev–Trinajstić information content (AvgIpc) is 2.59. The first-order valence-electron chi connectivity index (χ1n) is 7.23. The van der Waals surface area contributed by atoms with Crippen molar-refractivity contribution in [2.75, 3.05) is 18.4 Å². The average molecular weight is 358 g/mol. The Morgan fingerprint density at radius 2 is 2.10 bits per heavy atom. The molecule has 1 heterocycles. The van der Waals surface area contributed by atoms with Gasteiger partial charge in [-0.25, -0.2) is 0 Å². The van der Waals surface area contributed by atoms with E-state index in [1.165, 1.54) is 0 Å². The van der Waals surface area contributed by atoms with E-state index in [4.69, 9.17) is 4.74 Å². The van der Waals surface area contributed by atoms with Crippen LogP contribution in [0.1, 0.15) is 40.0 Å². The monoisotopic (exact) mass is 357 g/mol. The van der Waals surface area contributed by atoms with Gasteiger partial charge in [0.15, 0.2) is 0 Å². The van der Waals surface area contributed by atoms with Gasteiger partial charge in [-0.1, -0.05) is 33.7 Å². The molecule has 0 N–H and O–H groups in total. The molecule has 0 aliphatic carbocycles. The molecule has 4 nitrogen and oxygen atoms in total. The van der Waals surface area contributed by atoms with Crippen molar-refractivity contribution < 1.29 is 14.3 Å². The molecule has 1 aliphatic heterocycles. The lowest BCUT2D eigenvalue weighted by atomic mass is 10.1. The van der Waals surface area contributed by atoms with Crippen molar-refractivity contribution in [1.82, 2.24) is 4.90 Å². The van der Waals surface area contributed by atoms with Crippen LogP contribution in [0.3, 0.4) is 0 Å². The molecule has 0 saturated heterocycles. The van der Waals surface area contributed by atoms with Gasteiger partial charge in [0.05, 0.1) is 6.42 Å². The van der Waals surface area contributed by atoms with E-state index in [2.05, 4.69) is 22.0 Å². The Labute approximate surface area is 135 Å². The molecule has 0 atom stereocenters. The highest BCUT2D eigenvalue weighted by molar-refractivity contribution is 9.09. The van der Waals surface area contributed by atoms with E-state index in [1.54, 1.807) is 12.2 Å². The van der Waals surface area contributed by atoms with E-state index >= 15 is 0 Å². The number of carbonyl (C=O) groups excluding carboxylic acids is 2. The van der Waals surface area contributed by atoms with Crippen molar-refractivity contribution in [1.29, 1.82) is 0 Å². The number of nitrogens with zero attached hydrogens (tertiary/aromatic N) is 1. The zero-order chi connectivity index (χ0) is 15.9. The SMILES string of the molecule is CC(C)(C)OC(=O)CC1=CCCN(C(=O)/C=C/CBr)CC1. The molecule has 0 bridgehead atoms. The summed E-state index contributed by atoms with van der Waals surface area (Å²) in [5.74, 6) is -0.172. The lowest BCUT2D eigenvalue weighted by Gasteiger charge is -2.20. The van der Waals surface area contributed by atoms with Gasteiger partial charge in [0, 0.05) is 18.4 Å². The zero-order valence-electron chi connectivity index (χ0n) is 13.0. The Morgan fingerprint density at radius 3 is 2.71 bits per heavy atom. The third-order valence-corrected chi connectivity index (χ3v) is 3.36. The summed E-state index contributed by atoms with van der Waals surface area (Å²) in [5.41, 5.74) is 0.606. The summed E-state index contributed by atoms with van der Waals surface area (Å²) >= 11 is 3.26. The molecule has 118 valence electrons. The largest absolute Gasteiger partial charge is 0.460 e. The van der Waals surface area contributed by atoms with Crippen LogP contribution in [0.25, 0.3) is 0 Å². The summed E-state index contributed by atoms with van der Waals surface area (Å²) in [5, 5.41) is 0.675. The van der Waals surface area contributed by atoms with Gasteiger partial charge in [0.25, 0.3) is 0 Å². The molecular weight excluding hydrogens is 334 g/mol. The number of esters is 1. The summed E-state index contributed by atoms with van der Waals surface area (Å²) in [6.45, 7) is 6.94. The Kier molecular flexibility index (Phi) is 7.15. The maximum Gasteiger partial charge on any atom is 0.310 e. The number of amides is 1. The molecule has 0 fully saturated rings. The molecule has 0 aromatic heterocycles. The fourth-order valence-corrected chi connectivity index (χ4v) is 2.30. The number of carbonyl (C=O) groups is 2. The molecular formula is C16H24BrNO3. The lowest BCUT2D eigenvalue weighted by Crippen LogP contribution is -2.30. The molecule has 0 radical (unpaired) electrons. The van der Waals surface area contributed by atoms with Crippen LogP contribution in [-0.2, 0) is 14.3 Å². The van der Waals surface area contributed by atoms with E-state index in [-0.39, 0.29) is 11.9 Å². The van der Waals surface area contributed by atoms with Crippen molar-refractivity contribution in [3.8, 4) is 0 Å². The van der Waals surface area contributed by atoms with Gasteiger partial charge in [-0.15, -0.1) is 0 Å². The molecule has 1 aliphatic rings. The second kappa shape index (κ2) is 8.37. The van der Waals surface area contributed by atoms with Crippen molar-refractivity contribution in [3.05, 3.63) is 23.8 Å². The summed E-state index contributed by atoms with van der Waals surface area (Å²) in [4.78, 5) is 25.6. The van der Waals surface area contributed by atoms with Gasteiger partial charge >= 0.3 is 5.97 Å². The minimum atomic E-state index is -0.454. The second-order valence-corrected chi connectivity index (χ2v) is 6.69. The number of rotatable bonds is 4. The van der Waals surface area contributed by atoms with Crippen molar-refractivity contribution in [2.45, 2.75) is 45.6 Å². The molecule has 5 heteroatoms. The van der Waals surface area contributed by atoms with E-state index < -0.39 is 5.60 Å². The number of allylic oxidation sites excluding steroid dienone is 1. The number of ether oxygens (including phenoxy) is 1. The van der Waals surface area contributed by atoms with E-state index in [9.17, 15) is 9.59 Å². The Morgan fingerprint density at radius 1 is 1.38 bits per heavy atom. The third-order valence-electron chi connectivity index (χ3n) is 2.99. The van der Waals surface area contributed by atoms with Gasteiger partial charge in [-0.2, -0.15) is 0 Å². The van der Waals surface area contributed by atoms with E-state index in [1.807, 2.05) is 25.7 Å². The first-order chi connectivity index (χ1) is 9.81. The molecule has 21 heavy (non-hydrogen) atoms. The highest BCUT2D eigenvalue weighted by Gasteiger charge is 2.19. The van der Waals surface area contributed by atoms with E-state index in [0.29, 0.717) is 24.8 Å². The first-order valence-corrected chi connectivity index (χ1v) is 8.35. The number of hydrogen-bond donors (Lipinski definition) is 0. The normalized spacial score (nSPS) is 16.6. The molecule has 1 amide bonds. The summed E-state index contributed by atoms with van der Waals surface area (Å²) in [6.07, 6.45) is 7.27. The first kappa shape index (κ1) is 18.0. The van der Waals surface area contributed by atoms with Crippen molar-refractivity contribution in [3.63, 3.8) is 0 Å². The van der Waals surface area contributed by atoms with Crippen LogP contribution in [0, 0.1) is 0 Å². The lowest BCUT2D eigenvalue weighted by molar-refractivity contribution is -0.153. The fourth-order valence-electron chi connectivity index (χ4n) is 2.11. The maximum atomic E-state index is 11.9. The molecule has 0 aromatic rings. The van der Waals surface area contributed by atoms with Gasteiger partial charge in [-0.05, 0) is 39.7 Å². The molecule has 0 spiro atoms. The highest BCUT2D eigenvalue weighted by atomic mass is 79.9.